The summed E-state index contributed by atoms with van der Waals surface area (Å²) in [6, 6.07) is 4.81. The minimum Gasteiger partial charge on any atom is -0.357 e. The first-order valence-electron chi connectivity index (χ1n) is 9.41. The lowest BCUT2D eigenvalue weighted by Gasteiger charge is -2.18. The fraction of sp³-hybridized carbons (Fsp3) is 0.737. The van der Waals surface area contributed by atoms with Crippen molar-refractivity contribution in [3.63, 3.8) is 0 Å². The highest BCUT2D eigenvalue weighted by molar-refractivity contribution is 14.0. The van der Waals surface area contributed by atoms with E-state index in [1.54, 1.807) is 0 Å². The second-order valence-corrected chi connectivity index (χ2v) is 7.63. The van der Waals surface area contributed by atoms with E-state index in [1.807, 2.05) is 11.3 Å². The molecule has 0 saturated carbocycles. The molecule has 0 aliphatic carbocycles. The van der Waals surface area contributed by atoms with Gasteiger partial charge in [-0.25, -0.2) is 0 Å². The van der Waals surface area contributed by atoms with Gasteiger partial charge in [-0.2, -0.15) is 0 Å². The largest absolute Gasteiger partial charge is 0.357 e. The zero-order valence-corrected chi connectivity index (χ0v) is 19.7. The van der Waals surface area contributed by atoms with Crippen molar-refractivity contribution >= 4 is 41.3 Å². The zero-order valence-electron chi connectivity index (χ0n) is 16.6. The molecule has 6 heteroatoms. The number of guanidine groups is 1. The van der Waals surface area contributed by atoms with Crippen LogP contribution in [0.15, 0.2) is 17.1 Å². The van der Waals surface area contributed by atoms with E-state index in [-0.39, 0.29) is 24.0 Å². The van der Waals surface area contributed by atoms with E-state index >= 15 is 0 Å². The van der Waals surface area contributed by atoms with Crippen LogP contribution in [-0.4, -0.2) is 49.6 Å². The summed E-state index contributed by atoms with van der Waals surface area (Å²) in [4.78, 5) is 10.0. The number of hydrogen-bond acceptors (Lipinski definition) is 3. The maximum atomic E-state index is 4.73. The molecule has 0 aliphatic rings. The fourth-order valence-electron chi connectivity index (χ4n) is 2.68. The van der Waals surface area contributed by atoms with Gasteiger partial charge in [-0.05, 0) is 65.4 Å². The Labute approximate surface area is 175 Å². The summed E-state index contributed by atoms with van der Waals surface area (Å²) in [7, 11) is 0. The molecule has 1 aromatic rings. The maximum absolute atomic E-state index is 4.73. The minimum atomic E-state index is 0. The highest BCUT2D eigenvalue weighted by Crippen LogP contribution is 2.16. The van der Waals surface area contributed by atoms with E-state index in [0.717, 1.165) is 45.0 Å². The predicted molar refractivity (Wildman–Crippen MR) is 124 cm³/mol. The van der Waals surface area contributed by atoms with Crippen molar-refractivity contribution < 1.29 is 0 Å². The molecular weight excluding hydrogens is 443 g/mol. The third-order valence-electron chi connectivity index (χ3n) is 4.08. The van der Waals surface area contributed by atoms with Gasteiger partial charge in [0.2, 0.25) is 0 Å². The zero-order chi connectivity index (χ0) is 17.8. The number of aryl methyl sites for hydroxylation is 1. The maximum Gasteiger partial charge on any atom is 0.191 e. The number of thiophene rings is 1. The molecule has 1 heterocycles. The van der Waals surface area contributed by atoms with Gasteiger partial charge in [0.05, 0.1) is 0 Å². The summed E-state index contributed by atoms with van der Waals surface area (Å²) in [5.74, 6) is 0.945. The van der Waals surface area contributed by atoms with Gasteiger partial charge < -0.3 is 15.5 Å². The molecule has 0 radical (unpaired) electrons. The summed E-state index contributed by atoms with van der Waals surface area (Å²) < 4.78 is 0. The van der Waals surface area contributed by atoms with Crippen molar-refractivity contribution in [2.45, 2.75) is 59.9 Å². The third kappa shape index (κ3) is 11.1. The lowest BCUT2D eigenvalue weighted by molar-refractivity contribution is 0.297. The van der Waals surface area contributed by atoms with E-state index in [0.29, 0.717) is 6.04 Å². The van der Waals surface area contributed by atoms with E-state index < -0.39 is 0 Å². The average Bonchev–Trinajstić information content (AvgIpc) is 2.95. The Balaban J connectivity index is 0.00000576. The van der Waals surface area contributed by atoms with Gasteiger partial charge in [0.1, 0.15) is 0 Å². The molecule has 0 saturated heterocycles. The Kier molecular flexibility index (Phi) is 14.6. The van der Waals surface area contributed by atoms with Gasteiger partial charge >= 0.3 is 0 Å². The first-order chi connectivity index (χ1) is 11.6. The fourth-order valence-corrected chi connectivity index (χ4v) is 3.70. The van der Waals surface area contributed by atoms with Crippen LogP contribution >= 0.6 is 35.3 Å². The lowest BCUT2D eigenvalue weighted by atomic mass is 10.2. The standard InChI is InChI=1S/C19H36N4S.HI/c1-6-20-19(21-13-9-10-14-23(7-2)8-3)22-16(4)15-18-12-11-17(5)24-18;/h11-12,16H,6-10,13-15H2,1-5H3,(H2,20,21,22);1H. The topological polar surface area (TPSA) is 39.7 Å². The molecule has 1 rings (SSSR count). The molecule has 0 aromatic carbocycles. The molecule has 0 bridgehead atoms. The Bertz CT molecular complexity index is 472. The number of rotatable bonds is 11. The molecule has 2 N–H and O–H groups in total. The van der Waals surface area contributed by atoms with Crippen LogP contribution in [0.4, 0.5) is 0 Å². The second kappa shape index (κ2) is 14.8. The van der Waals surface area contributed by atoms with E-state index in [1.165, 1.54) is 22.7 Å². The Morgan fingerprint density at radius 1 is 1.20 bits per heavy atom. The Morgan fingerprint density at radius 3 is 2.48 bits per heavy atom. The van der Waals surface area contributed by atoms with Crippen molar-refractivity contribution in [3.05, 3.63) is 21.9 Å². The smallest absolute Gasteiger partial charge is 0.191 e. The van der Waals surface area contributed by atoms with Crippen molar-refractivity contribution in [2.24, 2.45) is 4.99 Å². The third-order valence-corrected chi connectivity index (χ3v) is 5.10. The second-order valence-electron chi connectivity index (χ2n) is 6.26. The number of halogens is 1. The van der Waals surface area contributed by atoms with Crippen molar-refractivity contribution in [1.82, 2.24) is 15.5 Å². The molecule has 1 unspecified atom stereocenters. The highest BCUT2D eigenvalue weighted by atomic mass is 127. The molecule has 146 valence electrons. The number of nitrogens with one attached hydrogen (secondary N) is 2. The van der Waals surface area contributed by atoms with Crippen LogP contribution in [0.25, 0.3) is 0 Å². The van der Waals surface area contributed by atoms with Crippen molar-refractivity contribution in [1.29, 1.82) is 0 Å². The SMILES string of the molecule is CCNC(=NCCCCN(CC)CC)NC(C)Cc1ccc(C)s1.I. The van der Waals surface area contributed by atoms with E-state index in [9.17, 15) is 0 Å². The molecule has 0 aliphatic heterocycles. The first-order valence-corrected chi connectivity index (χ1v) is 10.2. The molecule has 0 amide bonds. The number of nitrogens with zero attached hydrogens (tertiary/aromatic N) is 2. The molecule has 0 fully saturated rings. The summed E-state index contributed by atoms with van der Waals surface area (Å²) in [6.07, 6.45) is 3.41. The lowest BCUT2D eigenvalue weighted by Crippen LogP contribution is -2.43. The average molecular weight is 481 g/mol. The summed E-state index contributed by atoms with van der Waals surface area (Å²) >= 11 is 1.88. The van der Waals surface area contributed by atoms with E-state index in [2.05, 4.69) is 62.3 Å². The molecule has 25 heavy (non-hydrogen) atoms. The van der Waals surface area contributed by atoms with Crippen LogP contribution in [-0.2, 0) is 6.42 Å². The Hall–Kier alpha value is -0.340. The minimum absolute atomic E-state index is 0. The van der Waals surface area contributed by atoms with Crippen LogP contribution in [0.5, 0.6) is 0 Å². The monoisotopic (exact) mass is 480 g/mol. The van der Waals surface area contributed by atoms with Crippen molar-refractivity contribution in [2.75, 3.05) is 32.7 Å². The van der Waals surface area contributed by atoms with Gasteiger partial charge in [0.15, 0.2) is 5.96 Å². The van der Waals surface area contributed by atoms with Gasteiger partial charge in [0.25, 0.3) is 0 Å². The molecule has 1 atom stereocenters. The van der Waals surface area contributed by atoms with Gasteiger partial charge in [-0.1, -0.05) is 13.8 Å². The molecule has 1 aromatic heterocycles. The molecular formula is C19H37IN4S. The summed E-state index contributed by atoms with van der Waals surface area (Å²) in [5, 5.41) is 6.89. The van der Waals surface area contributed by atoms with E-state index in [4.69, 9.17) is 4.99 Å². The summed E-state index contributed by atoms with van der Waals surface area (Å²) in [5.41, 5.74) is 0. The molecule has 0 spiro atoms. The van der Waals surface area contributed by atoms with Crippen LogP contribution in [0, 0.1) is 6.92 Å². The van der Waals surface area contributed by atoms with Crippen LogP contribution < -0.4 is 10.6 Å². The quantitative estimate of drug-likeness (QED) is 0.215. The van der Waals surface area contributed by atoms with Crippen LogP contribution in [0.2, 0.25) is 0 Å². The number of unbranched alkanes of at least 4 members (excludes halogenated alkanes) is 1. The van der Waals surface area contributed by atoms with Gasteiger partial charge in [-0.15, -0.1) is 35.3 Å². The normalized spacial score (nSPS) is 12.8. The van der Waals surface area contributed by atoms with Crippen LogP contribution in [0.3, 0.4) is 0 Å². The first kappa shape index (κ1) is 24.7. The van der Waals surface area contributed by atoms with Crippen molar-refractivity contribution in [3.8, 4) is 0 Å². The highest BCUT2D eigenvalue weighted by Gasteiger charge is 2.07. The predicted octanol–water partition coefficient (Wildman–Crippen LogP) is 4.28. The molecule has 4 nitrogen and oxygen atoms in total. The van der Waals surface area contributed by atoms with Gasteiger partial charge in [-0.3, -0.25) is 4.99 Å². The van der Waals surface area contributed by atoms with Gasteiger partial charge in [0, 0.05) is 35.3 Å². The Morgan fingerprint density at radius 2 is 1.92 bits per heavy atom. The summed E-state index contributed by atoms with van der Waals surface area (Å²) in [6.45, 7) is 16.2. The number of hydrogen-bond donors (Lipinski definition) is 2. The van der Waals surface area contributed by atoms with Crippen LogP contribution in [0.1, 0.15) is 50.3 Å². The number of aliphatic imine (C=N–C) groups is 1.